The van der Waals surface area contributed by atoms with Crippen LogP contribution >= 0.6 is 0 Å². The number of carboxylic acids is 1. The van der Waals surface area contributed by atoms with Gasteiger partial charge in [0.25, 0.3) is 5.56 Å². The number of esters is 1. The molecule has 4 rings (SSSR count). The van der Waals surface area contributed by atoms with Crippen molar-refractivity contribution in [2.24, 2.45) is 0 Å². The number of carbonyl (C=O) groups is 2. The van der Waals surface area contributed by atoms with Crippen LogP contribution in [0.15, 0.2) is 53.3 Å². The Morgan fingerprint density at radius 2 is 1.26 bits per heavy atom. The molecule has 12 heteroatoms. The second-order valence-corrected chi connectivity index (χ2v) is 8.74. The molecule has 0 amide bonds. The fourth-order valence-electron chi connectivity index (χ4n) is 4.71. The van der Waals surface area contributed by atoms with Gasteiger partial charge in [-0.3, -0.25) is 9.36 Å². The summed E-state index contributed by atoms with van der Waals surface area (Å²) in [6.45, 7) is 0. The zero-order valence-corrected chi connectivity index (χ0v) is 26.4. The molecular weight excluding hydrogens is 557 g/mol. The standard InChI is InChI=1S/C30H29NO10.Na/c1-36-21-14-19-20(15-22(21)37-2)29(34)31(18-9-7-16(8-10-18)11-25(32)33)27(30(35)41-6)26(19)17-12-23(38-3)28(40-5)24(13-17)39-4;/h7-10,12-15H,11H2,1-6H3,(H,32,33);/q;+1/p-1. The van der Waals surface area contributed by atoms with Crippen molar-refractivity contribution in [3.63, 3.8) is 0 Å². The molecule has 3 aromatic carbocycles. The predicted octanol–water partition coefficient (Wildman–Crippen LogP) is -0.216. The van der Waals surface area contributed by atoms with E-state index < -0.39 is 17.5 Å². The fraction of sp³-hybridized carbons (Fsp3) is 0.233. The van der Waals surface area contributed by atoms with Gasteiger partial charge in [-0.2, -0.15) is 0 Å². The average Bonchev–Trinajstić information content (AvgIpc) is 2.99. The first kappa shape index (κ1) is 32.3. The van der Waals surface area contributed by atoms with Crippen LogP contribution < -0.4 is 63.9 Å². The van der Waals surface area contributed by atoms with Crippen LogP contribution in [0.4, 0.5) is 0 Å². The molecule has 0 saturated carbocycles. The van der Waals surface area contributed by atoms with E-state index >= 15 is 0 Å². The van der Waals surface area contributed by atoms with Gasteiger partial charge in [-0.1, -0.05) is 12.1 Å². The number of hydrogen-bond donors (Lipinski definition) is 0. The van der Waals surface area contributed by atoms with E-state index in [9.17, 15) is 19.5 Å². The van der Waals surface area contributed by atoms with Crippen LogP contribution in [0, 0.1) is 0 Å². The molecule has 42 heavy (non-hydrogen) atoms. The van der Waals surface area contributed by atoms with Crippen molar-refractivity contribution in [1.82, 2.24) is 4.57 Å². The molecule has 0 atom stereocenters. The van der Waals surface area contributed by atoms with E-state index in [4.69, 9.17) is 28.4 Å². The number of benzene rings is 3. The maximum atomic E-state index is 14.1. The number of carboxylic acid groups (broad SMARTS) is 1. The molecular formula is C30H28NNaO10. The number of aromatic nitrogens is 1. The summed E-state index contributed by atoms with van der Waals surface area (Å²) in [6, 6.07) is 12.6. The first-order valence-electron chi connectivity index (χ1n) is 12.2. The van der Waals surface area contributed by atoms with Crippen molar-refractivity contribution in [1.29, 1.82) is 0 Å². The Labute approximate surface area is 263 Å². The molecule has 0 N–H and O–H groups in total. The molecule has 0 bridgehead atoms. The van der Waals surface area contributed by atoms with Crippen LogP contribution in [0.2, 0.25) is 0 Å². The van der Waals surface area contributed by atoms with Gasteiger partial charge in [0.05, 0.1) is 48.0 Å². The van der Waals surface area contributed by atoms with Gasteiger partial charge in [0.2, 0.25) is 5.75 Å². The Morgan fingerprint density at radius 3 is 1.71 bits per heavy atom. The summed E-state index contributed by atoms with van der Waals surface area (Å²) >= 11 is 0. The number of hydrogen-bond acceptors (Lipinski definition) is 10. The molecule has 0 unspecified atom stereocenters. The summed E-state index contributed by atoms with van der Waals surface area (Å²) in [5, 5.41) is 11.7. The Kier molecular flexibility index (Phi) is 10.5. The van der Waals surface area contributed by atoms with Crippen molar-refractivity contribution in [2.75, 3.05) is 42.7 Å². The van der Waals surface area contributed by atoms with Gasteiger partial charge in [-0.05, 0) is 47.5 Å². The predicted molar refractivity (Wildman–Crippen MR) is 148 cm³/mol. The van der Waals surface area contributed by atoms with Gasteiger partial charge in [0.15, 0.2) is 23.0 Å². The number of fused-ring (bicyclic) bond motifs is 1. The van der Waals surface area contributed by atoms with Crippen molar-refractivity contribution in [3.8, 4) is 45.6 Å². The van der Waals surface area contributed by atoms with Crippen LogP contribution in [0.5, 0.6) is 28.7 Å². The number of nitrogens with zero attached hydrogens (tertiary/aromatic N) is 1. The molecule has 4 aromatic rings. The number of rotatable bonds is 10. The quantitative estimate of drug-likeness (QED) is 0.182. The van der Waals surface area contributed by atoms with Crippen molar-refractivity contribution in [3.05, 3.63) is 70.1 Å². The number of aliphatic carboxylic acids is 1. The fourth-order valence-corrected chi connectivity index (χ4v) is 4.71. The average molecular weight is 586 g/mol. The normalized spacial score (nSPS) is 10.4. The van der Waals surface area contributed by atoms with Gasteiger partial charge in [-0.15, -0.1) is 0 Å². The van der Waals surface area contributed by atoms with Crippen molar-refractivity contribution >= 4 is 22.7 Å². The number of ether oxygens (including phenoxy) is 6. The summed E-state index contributed by atoms with van der Waals surface area (Å²) < 4.78 is 33.9. The van der Waals surface area contributed by atoms with Crippen molar-refractivity contribution < 1.29 is 72.7 Å². The number of pyridine rings is 1. The Morgan fingerprint density at radius 1 is 0.738 bits per heavy atom. The van der Waals surface area contributed by atoms with E-state index in [1.54, 1.807) is 18.2 Å². The van der Waals surface area contributed by atoms with E-state index in [1.807, 2.05) is 0 Å². The van der Waals surface area contributed by atoms with Crippen LogP contribution in [0.3, 0.4) is 0 Å². The molecule has 0 spiro atoms. The largest absolute Gasteiger partial charge is 1.00 e. The molecule has 0 aliphatic heterocycles. The first-order chi connectivity index (χ1) is 19.7. The third-order valence-electron chi connectivity index (χ3n) is 6.56. The van der Waals surface area contributed by atoms with E-state index in [0.29, 0.717) is 56.5 Å². The van der Waals surface area contributed by atoms with E-state index in [-0.39, 0.29) is 47.1 Å². The number of carbonyl (C=O) groups excluding carboxylic acids is 2. The molecule has 0 saturated heterocycles. The maximum absolute atomic E-state index is 14.1. The molecule has 1 aromatic heterocycles. The van der Waals surface area contributed by atoms with Crippen molar-refractivity contribution in [2.45, 2.75) is 6.42 Å². The Hall–Kier alpha value is -4.19. The first-order valence-corrected chi connectivity index (χ1v) is 12.2. The Bertz CT molecular complexity index is 1670. The summed E-state index contributed by atoms with van der Waals surface area (Å²) in [5.74, 6) is -0.462. The van der Waals surface area contributed by atoms with Crippen LogP contribution in [-0.4, -0.2) is 59.2 Å². The number of methoxy groups -OCH3 is 6. The van der Waals surface area contributed by atoms with Gasteiger partial charge in [0.1, 0.15) is 5.69 Å². The summed E-state index contributed by atoms with van der Waals surface area (Å²) in [6.07, 6.45) is -0.315. The molecule has 0 aliphatic rings. The minimum Gasteiger partial charge on any atom is -0.550 e. The van der Waals surface area contributed by atoms with E-state index in [0.717, 1.165) is 0 Å². The summed E-state index contributed by atoms with van der Waals surface area (Å²) in [4.78, 5) is 38.7. The smallest absolute Gasteiger partial charge is 0.550 e. The van der Waals surface area contributed by atoms with Crippen LogP contribution in [0.1, 0.15) is 16.1 Å². The minimum atomic E-state index is -1.25. The monoisotopic (exact) mass is 585 g/mol. The maximum Gasteiger partial charge on any atom is 1.00 e. The van der Waals surface area contributed by atoms with Gasteiger partial charge in [-0.25, -0.2) is 4.79 Å². The van der Waals surface area contributed by atoms with E-state index in [1.165, 1.54) is 77.6 Å². The second-order valence-electron chi connectivity index (χ2n) is 8.74. The van der Waals surface area contributed by atoms with Gasteiger partial charge >= 0.3 is 35.5 Å². The zero-order chi connectivity index (χ0) is 29.8. The van der Waals surface area contributed by atoms with E-state index in [2.05, 4.69) is 0 Å². The third-order valence-corrected chi connectivity index (χ3v) is 6.56. The summed E-state index contributed by atoms with van der Waals surface area (Å²) in [5.41, 5.74) is 0.857. The minimum absolute atomic E-state index is 0. The SMILES string of the molecule is COC(=O)c1c(-c2cc(OC)c(OC)c(OC)c2)c2cc(OC)c(OC)cc2c(=O)n1-c1ccc(CC(=O)[O-])cc1.[Na+]. The molecule has 0 aliphatic carbocycles. The summed E-state index contributed by atoms with van der Waals surface area (Å²) in [7, 11) is 8.50. The molecule has 0 radical (unpaired) electrons. The van der Waals surface area contributed by atoms with Crippen LogP contribution in [-0.2, 0) is 16.0 Å². The molecule has 214 valence electrons. The van der Waals surface area contributed by atoms with Crippen LogP contribution in [0.25, 0.3) is 27.6 Å². The zero-order valence-electron chi connectivity index (χ0n) is 24.4. The second kappa shape index (κ2) is 13.6. The Balaban J connectivity index is 0.00000484. The third kappa shape index (κ3) is 5.89. The topological polar surface area (TPSA) is 135 Å². The molecule has 11 nitrogen and oxygen atoms in total. The van der Waals surface area contributed by atoms with Gasteiger partial charge < -0.3 is 38.3 Å². The molecule has 0 fully saturated rings. The van der Waals surface area contributed by atoms with Gasteiger partial charge in [0, 0.05) is 29.0 Å². The molecule has 1 heterocycles.